The molecule has 0 unspecified atom stereocenters. The van der Waals surface area contributed by atoms with Crippen LogP contribution >= 0.6 is 0 Å². The Hall–Kier alpha value is -1.18. The Kier molecular flexibility index (Phi) is 6.12. The lowest BCUT2D eigenvalue weighted by molar-refractivity contribution is 0.182. The molecule has 5 nitrogen and oxygen atoms in total. The zero-order chi connectivity index (χ0) is 16.2. The third-order valence-electron chi connectivity index (χ3n) is 3.28. The van der Waals surface area contributed by atoms with Gasteiger partial charge in [-0.1, -0.05) is 0 Å². The van der Waals surface area contributed by atoms with Gasteiger partial charge in [0.15, 0.2) is 0 Å². The van der Waals surface area contributed by atoms with Crippen LogP contribution in [0.4, 0.5) is 10.1 Å². The summed E-state index contributed by atoms with van der Waals surface area (Å²) < 4.78 is 36.1. The number of rotatable bonds is 7. The van der Waals surface area contributed by atoms with Crippen molar-refractivity contribution in [1.82, 2.24) is 4.90 Å². The maximum Gasteiger partial charge on any atom is 0.238 e. The van der Waals surface area contributed by atoms with E-state index >= 15 is 0 Å². The molecule has 0 atom stereocenters. The van der Waals surface area contributed by atoms with Crippen molar-refractivity contribution < 1.29 is 12.8 Å². The fraction of sp³-hybridized carbons (Fsp3) is 0.571. The molecule has 1 aromatic carbocycles. The molecule has 7 heteroatoms. The van der Waals surface area contributed by atoms with Crippen molar-refractivity contribution in [3.05, 3.63) is 24.0 Å². The van der Waals surface area contributed by atoms with E-state index in [-0.39, 0.29) is 10.6 Å². The molecular formula is C14H24FN3O2S. The maximum atomic E-state index is 13.8. The molecule has 0 radical (unpaired) electrons. The normalized spacial score (nSPS) is 12.4. The van der Waals surface area contributed by atoms with Crippen LogP contribution in [0.3, 0.4) is 0 Å². The van der Waals surface area contributed by atoms with Gasteiger partial charge in [0, 0.05) is 25.2 Å². The first-order valence-corrected chi connectivity index (χ1v) is 8.49. The monoisotopic (exact) mass is 317 g/mol. The summed E-state index contributed by atoms with van der Waals surface area (Å²) in [6, 6.07) is 4.43. The molecule has 0 aliphatic heterocycles. The smallest absolute Gasteiger partial charge is 0.238 e. The minimum Gasteiger partial charge on any atom is -0.381 e. The first kappa shape index (κ1) is 17.9. The SMILES string of the molecule is CC(C)N(CCNc1ccc(S(N)(=O)=O)cc1F)C(C)C. The number of nitrogens with one attached hydrogen (secondary N) is 1. The lowest BCUT2D eigenvalue weighted by atomic mass is 10.2. The van der Waals surface area contributed by atoms with Crippen molar-refractivity contribution in [1.29, 1.82) is 0 Å². The van der Waals surface area contributed by atoms with E-state index in [1.807, 2.05) is 0 Å². The van der Waals surface area contributed by atoms with Crippen LogP contribution < -0.4 is 10.5 Å². The Labute approximate surface area is 126 Å². The summed E-state index contributed by atoms with van der Waals surface area (Å²) in [4.78, 5) is 2.06. The molecule has 3 N–H and O–H groups in total. The van der Waals surface area contributed by atoms with Crippen LogP contribution in [0.2, 0.25) is 0 Å². The van der Waals surface area contributed by atoms with Gasteiger partial charge in [0.2, 0.25) is 10.0 Å². The van der Waals surface area contributed by atoms with E-state index in [1.165, 1.54) is 12.1 Å². The van der Waals surface area contributed by atoms with Crippen LogP contribution in [0.5, 0.6) is 0 Å². The summed E-state index contributed by atoms with van der Waals surface area (Å²) in [5, 5.41) is 7.94. The Balaban J connectivity index is 2.69. The van der Waals surface area contributed by atoms with Crippen molar-refractivity contribution in [3.8, 4) is 0 Å². The molecule has 0 saturated heterocycles. The topological polar surface area (TPSA) is 75.4 Å². The minimum atomic E-state index is -3.87. The molecule has 0 aromatic heterocycles. The van der Waals surface area contributed by atoms with Gasteiger partial charge < -0.3 is 5.32 Å². The molecule has 1 aromatic rings. The highest BCUT2D eigenvalue weighted by molar-refractivity contribution is 7.89. The molecule has 0 fully saturated rings. The van der Waals surface area contributed by atoms with Gasteiger partial charge in [-0.05, 0) is 45.9 Å². The predicted octanol–water partition coefficient (Wildman–Crippen LogP) is 2.00. The third-order valence-corrected chi connectivity index (χ3v) is 4.19. The fourth-order valence-corrected chi connectivity index (χ4v) is 2.77. The summed E-state index contributed by atoms with van der Waals surface area (Å²) in [6.07, 6.45) is 0. The summed E-state index contributed by atoms with van der Waals surface area (Å²) in [6.45, 7) is 9.79. The van der Waals surface area contributed by atoms with E-state index in [9.17, 15) is 12.8 Å². The summed E-state index contributed by atoms with van der Waals surface area (Å²) >= 11 is 0. The molecule has 0 bridgehead atoms. The summed E-state index contributed by atoms with van der Waals surface area (Å²) in [5.74, 6) is -0.623. The van der Waals surface area contributed by atoms with Crippen LogP contribution in [0.25, 0.3) is 0 Å². The second-order valence-corrected chi connectivity index (χ2v) is 7.10. The summed E-state index contributed by atoms with van der Waals surface area (Å²) in [5.41, 5.74) is 0.273. The molecule has 120 valence electrons. The van der Waals surface area contributed by atoms with Gasteiger partial charge in [-0.15, -0.1) is 0 Å². The van der Waals surface area contributed by atoms with Crippen molar-refractivity contribution in [2.45, 2.75) is 44.7 Å². The van der Waals surface area contributed by atoms with Crippen LogP contribution in [0, 0.1) is 5.82 Å². The lowest BCUT2D eigenvalue weighted by Crippen LogP contribution is -2.40. The van der Waals surface area contributed by atoms with Gasteiger partial charge in [-0.2, -0.15) is 0 Å². The Morgan fingerprint density at radius 1 is 1.24 bits per heavy atom. The van der Waals surface area contributed by atoms with Crippen LogP contribution in [0.1, 0.15) is 27.7 Å². The molecule has 21 heavy (non-hydrogen) atoms. The van der Waals surface area contributed by atoms with Crippen LogP contribution in [0.15, 0.2) is 23.1 Å². The van der Waals surface area contributed by atoms with Gasteiger partial charge in [0.1, 0.15) is 5.82 Å². The molecule has 0 spiro atoms. The maximum absolute atomic E-state index is 13.8. The Bertz CT molecular complexity index is 566. The van der Waals surface area contributed by atoms with Gasteiger partial charge in [-0.25, -0.2) is 17.9 Å². The average Bonchev–Trinajstić information content (AvgIpc) is 2.33. The minimum absolute atomic E-state index is 0.225. The van der Waals surface area contributed by atoms with E-state index < -0.39 is 15.8 Å². The quantitative estimate of drug-likeness (QED) is 0.806. The largest absolute Gasteiger partial charge is 0.381 e. The zero-order valence-corrected chi connectivity index (χ0v) is 13.7. The highest BCUT2D eigenvalue weighted by Crippen LogP contribution is 2.18. The fourth-order valence-electron chi connectivity index (χ4n) is 2.25. The molecule has 0 aliphatic carbocycles. The number of hydrogen-bond acceptors (Lipinski definition) is 4. The highest BCUT2D eigenvalue weighted by atomic mass is 32.2. The number of halogens is 1. The average molecular weight is 317 g/mol. The second kappa shape index (κ2) is 7.20. The van der Waals surface area contributed by atoms with E-state index in [2.05, 4.69) is 37.9 Å². The van der Waals surface area contributed by atoms with Crippen LogP contribution in [-0.4, -0.2) is 38.5 Å². The van der Waals surface area contributed by atoms with Crippen molar-refractivity contribution in [2.75, 3.05) is 18.4 Å². The number of sulfonamides is 1. The molecule has 0 saturated carbocycles. The van der Waals surface area contributed by atoms with E-state index in [0.29, 0.717) is 18.6 Å². The van der Waals surface area contributed by atoms with Crippen molar-refractivity contribution >= 4 is 15.7 Å². The standard InChI is InChI=1S/C14H24FN3O2S/c1-10(2)18(11(3)4)8-7-17-14-6-5-12(9-13(14)15)21(16,19)20/h5-6,9-11,17H,7-8H2,1-4H3,(H2,16,19,20). The van der Waals surface area contributed by atoms with E-state index in [1.54, 1.807) is 0 Å². The number of primary sulfonamides is 1. The van der Waals surface area contributed by atoms with E-state index in [0.717, 1.165) is 12.6 Å². The lowest BCUT2D eigenvalue weighted by Gasteiger charge is -2.30. The second-order valence-electron chi connectivity index (χ2n) is 5.54. The molecular weight excluding hydrogens is 293 g/mol. The number of nitrogens with zero attached hydrogens (tertiary/aromatic N) is 1. The van der Waals surface area contributed by atoms with Crippen molar-refractivity contribution in [3.63, 3.8) is 0 Å². The highest BCUT2D eigenvalue weighted by Gasteiger charge is 2.14. The van der Waals surface area contributed by atoms with Gasteiger partial charge >= 0.3 is 0 Å². The van der Waals surface area contributed by atoms with Gasteiger partial charge in [-0.3, -0.25) is 4.90 Å². The first-order valence-electron chi connectivity index (χ1n) is 6.95. The number of benzene rings is 1. The molecule has 0 amide bonds. The van der Waals surface area contributed by atoms with Gasteiger partial charge in [0.05, 0.1) is 10.6 Å². The number of nitrogens with two attached hydrogens (primary N) is 1. The zero-order valence-electron chi connectivity index (χ0n) is 12.9. The first-order chi connectivity index (χ1) is 9.62. The van der Waals surface area contributed by atoms with Gasteiger partial charge in [0.25, 0.3) is 0 Å². The number of hydrogen-bond donors (Lipinski definition) is 2. The molecule has 0 aliphatic rings. The van der Waals surface area contributed by atoms with E-state index in [4.69, 9.17) is 5.14 Å². The third kappa shape index (κ3) is 5.26. The van der Waals surface area contributed by atoms with Crippen molar-refractivity contribution in [2.24, 2.45) is 5.14 Å². The van der Waals surface area contributed by atoms with Crippen LogP contribution in [-0.2, 0) is 10.0 Å². The Morgan fingerprint density at radius 2 is 1.81 bits per heavy atom. The molecule has 1 rings (SSSR count). The predicted molar refractivity (Wildman–Crippen MR) is 83.2 cm³/mol. The Morgan fingerprint density at radius 3 is 2.24 bits per heavy atom. The summed E-state index contributed by atoms with van der Waals surface area (Å²) in [7, 11) is -3.87. The number of anilines is 1. The molecule has 0 heterocycles.